The zero-order valence-electron chi connectivity index (χ0n) is 8.05. The SMILES string of the molecule is C/C=C(/C#N)C(=O)OCC.CC. The Balaban J connectivity index is 0. The third-order valence-corrected chi connectivity index (χ3v) is 0.904. The molecule has 0 atom stereocenters. The molecule has 0 heterocycles. The van der Waals surface area contributed by atoms with Crippen molar-refractivity contribution < 1.29 is 9.53 Å². The first-order valence-corrected chi connectivity index (χ1v) is 3.99. The molecule has 0 fully saturated rings. The van der Waals surface area contributed by atoms with Crippen molar-refractivity contribution in [3.8, 4) is 6.07 Å². The molecule has 0 aromatic carbocycles. The second kappa shape index (κ2) is 9.70. The number of hydrogen-bond donors (Lipinski definition) is 0. The molecule has 0 N–H and O–H groups in total. The van der Waals surface area contributed by atoms with Gasteiger partial charge >= 0.3 is 5.97 Å². The van der Waals surface area contributed by atoms with Crippen LogP contribution in [-0.4, -0.2) is 12.6 Å². The van der Waals surface area contributed by atoms with Crippen LogP contribution in [0.1, 0.15) is 27.7 Å². The van der Waals surface area contributed by atoms with Gasteiger partial charge in [-0.2, -0.15) is 5.26 Å². The molecule has 3 nitrogen and oxygen atoms in total. The zero-order chi connectivity index (χ0) is 9.98. The van der Waals surface area contributed by atoms with Crippen LogP contribution in [0.2, 0.25) is 0 Å². The molecule has 0 aromatic heterocycles. The van der Waals surface area contributed by atoms with E-state index in [9.17, 15) is 4.79 Å². The lowest BCUT2D eigenvalue weighted by atomic mass is 10.3. The second-order valence-corrected chi connectivity index (χ2v) is 1.53. The number of esters is 1. The number of carbonyl (C=O) groups is 1. The van der Waals surface area contributed by atoms with Crippen molar-refractivity contribution >= 4 is 5.97 Å². The van der Waals surface area contributed by atoms with Gasteiger partial charge in [0.05, 0.1) is 6.61 Å². The summed E-state index contributed by atoms with van der Waals surface area (Å²) >= 11 is 0. The van der Waals surface area contributed by atoms with Gasteiger partial charge in [-0.1, -0.05) is 19.9 Å². The van der Waals surface area contributed by atoms with Crippen LogP contribution < -0.4 is 0 Å². The molecule has 0 saturated carbocycles. The average molecular weight is 169 g/mol. The lowest BCUT2D eigenvalue weighted by Crippen LogP contribution is -2.05. The standard InChI is InChI=1S/C7H9NO2.C2H6/c1-3-6(5-8)7(9)10-4-2;1-2/h3H,4H2,1-2H3;1-2H3/b6-3-;. The number of nitriles is 1. The molecule has 0 aliphatic heterocycles. The molecule has 0 aliphatic rings. The first-order chi connectivity index (χ1) is 5.76. The Kier molecular flexibility index (Phi) is 10.8. The fourth-order valence-electron chi connectivity index (χ4n) is 0.437. The van der Waals surface area contributed by atoms with Gasteiger partial charge in [-0.15, -0.1) is 0 Å². The minimum Gasteiger partial charge on any atom is -0.462 e. The molecule has 0 aliphatic carbocycles. The second-order valence-electron chi connectivity index (χ2n) is 1.53. The maximum atomic E-state index is 10.7. The Morgan fingerprint density at radius 2 is 2.08 bits per heavy atom. The minimum atomic E-state index is -0.549. The highest BCUT2D eigenvalue weighted by atomic mass is 16.5. The van der Waals surface area contributed by atoms with E-state index in [1.165, 1.54) is 6.08 Å². The Labute approximate surface area is 73.6 Å². The van der Waals surface area contributed by atoms with Crippen LogP contribution in [0.15, 0.2) is 11.6 Å². The summed E-state index contributed by atoms with van der Waals surface area (Å²) in [7, 11) is 0. The quantitative estimate of drug-likeness (QED) is 0.361. The molecule has 0 aromatic rings. The van der Waals surface area contributed by atoms with Crippen molar-refractivity contribution in [1.82, 2.24) is 0 Å². The summed E-state index contributed by atoms with van der Waals surface area (Å²) in [4.78, 5) is 10.7. The van der Waals surface area contributed by atoms with E-state index in [0.717, 1.165) is 0 Å². The summed E-state index contributed by atoms with van der Waals surface area (Å²) in [6.45, 7) is 7.62. The van der Waals surface area contributed by atoms with Crippen LogP contribution in [0, 0.1) is 11.3 Å². The Morgan fingerprint density at radius 3 is 2.33 bits per heavy atom. The van der Waals surface area contributed by atoms with E-state index in [-0.39, 0.29) is 5.57 Å². The summed E-state index contributed by atoms with van der Waals surface area (Å²) < 4.78 is 4.56. The van der Waals surface area contributed by atoms with Crippen molar-refractivity contribution in [2.75, 3.05) is 6.61 Å². The van der Waals surface area contributed by atoms with E-state index in [1.54, 1.807) is 19.9 Å². The van der Waals surface area contributed by atoms with Gasteiger partial charge in [-0.3, -0.25) is 0 Å². The lowest BCUT2D eigenvalue weighted by Gasteiger charge is -1.96. The molecule has 68 valence electrons. The van der Waals surface area contributed by atoms with Gasteiger partial charge in [0.1, 0.15) is 11.6 Å². The zero-order valence-corrected chi connectivity index (χ0v) is 8.05. The number of ether oxygens (including phenoxy) is 1. The molecule has 0 radical (unpaired) electrons. The summed E-state index contributed by atoms with van der Waals surface area (Å²) in [5.41, 5.74) is 0.0573. The molecule has 0 bridgehead atoms. The highest BCUT2D eigenvalue weighted by molar-refractivity contribution is 5.92. The minimum absolute atomic E-state index is 0.0573. The van der Waals surface area contributed by atoms with E-state index >= 15 is 0 Å². The predicted molar refractivity (Wildman–Crippen MR) is 47.4 cm³/mol. The topological polar surface area (TPSA) is 50.1 Å². The van der Waals surface area contributed by atoms with Crippen LogP contribution in [0.5, 0.6) is 0 Å². The third-order valence-electron chi connectivity index (χ3n) is 0.904. The van der Waals surface area contributed by atoms with Crippen LogP contribution in [0.3, 0.4) is 0 Å². The number of rotatable bonds is 2. The molecule has 3 heteroatoms. The van der Waals surface area contributed by atoms with E-state index < -0.39 is 5.97 Å². The molecule has 12 heavy (non-hydrogen) atoms. The fourth-order valence-corrected chi connectivity index (χ4v) is 0.437. The summed E-state index contributed by atoms with van der Waals surface area (Å²) in [5.74, 6) is -0.549. The normalized spacial score (nSPS) is 9.08. The highest BCUT2D eigenvalue weighted by Gasteiger charge is 2.06. The van der Waals surface area contributed by atoms with Crippen LogP contribution in [-0.2, 0) is 9.53 Å². The molecule has 0 unspecified atom stereocenters. The van der Waals surface area contributed by atoms with Gasteiger partial charge in [0, 0.05) is 0 Å². The molecule has 0 rings (SSSR count). The third kappa shape index (κ3) is 5.48. The van der Waals surface area contributed by atoms with Crippen molar-refractivity contribution in [1.29, 1.82) is 5.26 Å². The first kappa shape index (κ1) is 13.3. The largest absolute Gasteiger partial charge is 0.462 e. The molecular weight excluding hydrogens is 154 g/mol. The number of hydrogen-bond acceptors (Lipinski definition) is 3. The Hall–Kier alpha value is -1.30. The molecular formula is C9H15NO2. The van der Waals surface area contributed by atoms with Crippen molar-refractivity contribution in [3.63, 3.8) is 0 Å². The number of carbonyl (C=O) groups excluding carboxylic acids is 1. The maximum Gasteiger partial charge on any atom is 0.348 e. The Bertz CT molecular complexity index is 189. The summed E-state index contributed by atoms with van der Waals surface area (Å²) in [6, 6.07) is 1.72. The highest BCUT2D eigenvalue weighted by Crippen LogP contribution is 1.94. The monoisotopic (exact) mass is 169 g/mol. The molecule has 0 saturated heterocycles. The fraction of sp³-hybridized carbons (Fsp3) is 0.556. The van der Waals surface area contributed by atoms with Gasteiger partial charge < -0.3 is 4.74 Å². The molecule has 0 amide bonds. The van der Waals surface area contributed by atoms with Crippen molar-refractivity contribution in [2.24, 2.45) is 0 Å². The van der Waals surface area contributed by atoms with E-state index in [4.69, 9.17) is 5.26 Å². The van der Waals surface area contributed by atoms with Crippen LogP contribution in [0.25, 0.3) is 0 Å². The van der Waals surface area contributed by atoms with Crippen molar-refractivity contribution in [3.05, 3.63) is 11.6 Å². The summed E-state index contributed by atoms with van der Waals surface area (Å²) in [6.07, 6.45) is 1.43. The van der Waals surface area contributed by atoms with Gasteiger partial charge in [-0.25, -0.2) is 4.79 Å². The van der Waals surface area contributed by atoms with E-state index in [2.05, 4.69) is 4.74 Å². The van der Waals surface area contributed by atoms with Crippen LogP contribution >= 0.6 is 0 Å². The van der Waals surface area contributed by atoms with Gasteiger partial charge in [0.15, 0.2) is 0 Å². The van der Waals surface area contributed by atoms with Gasteiger partial charge in [-0.05, 0) is 13.8 Å². The van der Waals surface area contributed by atoms with E-state index in [1.807, 2.05) is 13.8 Å². The average Bonchev–Trinajstić information content (AvgIpc) is 2.11. The number of nitrogens with zero attached hydrogens (tertiary/aromatic N) is 1. The number of allylic oxidation sites excluding steroid dienone is 1. The van der Waals surface area contributed by atoms with Gasteiger partial charge in [0.25, 0.3) is 0 Å². The van der Waals surface area contributed by atoms with Crippen molar-refractivity contribution in [2.45, 2.75) is 27.7 Å². The predicted octanol–water partition coefficient (Wildman–Crippen LogP) is 2.05. The Morgan fingerprint density at radius 1 is 1.58 bits per heavy atom. The first-order valence-electron chi connectivity index (χ1n) is 3.99. The molecule has 0 spiro atoms. The van der Waals surface area contributed by atoms with E-state index in [0.29, 0.717) is 6.61 Å². The lowest BCUT2D eigenvalue weighted by molar-refractivity contribution is -0.138. The van der Waals surface area contributed by atoms with Gasteiger partial charge in [0.2, 0.25) is 0 Å². The maximum absolute atomic E-state index is 10.7. The van der Waals surface area contributed by atoms with Crippen LogP contribution in [0.4, 0.5) is 0 Å². The summed E-state index contributed by atoms with van der Waals surface area (Å²) in [5, 5.41) is 8.30. The smallest absolute Gasteiger partial charge is 0.348 e.